The fourth-order valence-electron chi connectivity index (χ4n) is 1.90. The summed E-state index contributed by atoms with van der Waals surface area (Å²) in [6, 6.07) is 0.252. The second kappa shape index (κ2) is 6.80. The summed E-state index contributed by atoms with van der Waals surface area (Å²) in [7, 11) is 0. The lowest BCUT2D eigenvalue weighted by Gasteiger charge is -2.29. The van der Waals surface area contributed by atoms with Crippen molar-refractivity contribution in [3.05, 3.63) is 0 Å². The van der Waals surface area contributed by atoms with Gasteiger partial charge in [0, 0.05) is 19.1 Å². The molecule has 0 spiro atoms. The molecule has 1 saturated heterocycles. The molecule has 1 fully saturated rings. The molecule has 1 aliphatic heterocycles. The summed E-state index contributed by atoms with van der Waals surface area (Å²) in [6.45, 7) is 5.30. The Labute approximate surface area is 92.2 Å². The highest BCUT2D eigenvalue weighted by atomic mass is 16.2. The molecule has 0 bridgehead atoms. The van der Waals surface area contributed by atoms with E-state index in [9.17, 15) is 4.79 Å². The standard InChI is InChI=1S/C11H23N3O/c1-2-3-6-13-11(15)9-14-7-4-5-10(12)8-14/h10H,2-9,12H2,1H3,(H,13,15)/t10-/m1/s1. The van der Waals surface area contributed by atoms with Gasteiger partial charge in [0.05, 0.1) is 6.54 Å². The maximum absolute atomic E-state index is 11.5. The Morgan fingerprint density at radius 1 is 1.60 bits per heavy atom. The number of piperidine rings is 1. The van der Waals surface area contributed by atoms with Crippen molar-refractivity contribution in [2.45, 2.75) is 38.6 Å². The van der Waals surface area contributed by atoms with Crippen molar-refractivity contribution in [3.63, 3.8) is 0 Å². The fourth-order valence-corrected chi connectivity index (χ4v) is 1.90. The van der Waals surface area contributed by atoms with Crippen molar-refractivity contribution in [1.82, 2.24) is 10.2 Å². The van der Waals surface area contributed by atoms with Gasteiger partial charge in [-0.1, -0.05) is 13.3 Å². The van der Waals surface area contributed by atoms with Crippen LogP contribution in [0.2, 0.25) is 0 Å². The molecule has 0 radical (unpaired) electrons. The Bertz CT molecular complexity index is 196. The van der Waals surface area contributed by atoms with Crippen LogP contribution in [0.3, 0.4) is 0 Å². The number of unbranched alkanes of at least 4 members (excludes halogenated alkanes) is 1. The van der Waals surface area contributed by atoms with E-state index in [0.717, 1.165) is 45.3 Å². The topological polar surface area (TPSA) is 58.4 Å². The number of hydrogen-bond donors (Lipinski definition) is 2. The lowest BCUT2D eigenvalue weighted by Crippen LogP contribution is -2.47. The molecule has 4 nitrogen and oxygen atoms in total. The Kier molecular flexibility index (Phi) is 5.65. The number of nitrogens with two attached hydrogens (primary N) is 1. The molecule has 3 N–H and O–H groups in total. The quantitative estimate of drug-likeness (QED) is 0.647. The van der Waals surface area contributed by atoms with E-state index in [2.05, 4.69) is 17.1 Å². The van der Waals surface area contributed by atoms with Gasteiger partial charge in [0.1, 0.15) is 0 Å². The van der Waals surface area contributed by atoms with Gasteiger partial charge in [-0.25, -0.2) is 0 Å². The van der Waals surface area contributed by atoms with E-state index in [1.807, 2.05) is 0 Å². The van der Waals surface area contributed by atoms with Crippen LogP contribution in [0, 0.1) is 0 Å². The van der Waals surface area contributed by atoms with Gasteiger partial charge >= 0.3 is 0 Å². The minimum Gasteiger partial charge on any atom is -0.355 e. The number of carbonyl (C=O) groups excluding carboxylic acids is 1. The second-order valence-electron chi connectivity index (χ2n) is 4.34. The van der Waals surface area contributed by atoms with Gasteiger partial charge in [0.25, 0.3) is 0 Å². The van der Waals surface area contributed by atoms with Crippen LogP contribution in [0.4, 0.5) is 0 Å². The zero-order chi connectivity index (χ0) is 11.1. The van der Waals surface area contributed by atoms with Crippen LogP contribution < -0.4 is 11.1 Å². The van der Waals surface area contributed by atoms with E-state index in [1.54, 1.807) is 0 Å². The van der Waals surface area contributed by atoms with Crippen LogP contribution >= 0.6 is 0 Å². The number of likely N-dealkylation sites (tertiary alicyclic amines) is 1. The third-order valence-electron chi connectivity index (χ3n) is 2.76. The maximum atomic E-state index is 11.5. The Hall–Kier alpha value is -0.610. The second-order valence-corrected chi connectivity index (χ2v) is 4.34. The molecule has 1 heterocycles. The highest BCUT2D eigenvalue weighted by molar-refractivity contribution is 5.77. The predicted octanol–water partition coefficient (Wildman–Crippen LogP) is 0.326. The summed E-state index contributed by atoms with van der Waals surface area (Å²) < 4.78 is 0. The normalized spacial score (nSPS) is 22.7. The minimum absolute atomic E-state index is 0.137. The maximum Gasteiger partial charge on any atom is 0.234 e. The third kappa shape index (κ3) is 5.14. The van der Waals surface area contributed by atoms with E-state index in [1.165, 1.54) is 0 Å². The molecule has 1 atom stereocenters. The van der Waals surface area contributed by atoms with Gasteiger partial charge in [-0.2, -0.15) is 0 Å². The van der Waals surface area contributed by atoms with Gasteiger partial charge < -0.3 is 11.1 Å². The predicted molar refractivity (Wildman–Crippen MR) is 61.6 cm³/mol. The first-order valence-electron chi connectivity index (χ1n) is 5.97. The summed E-state index contributed by atoms with van der Waals surface area (Å²) in [5, 5.41) is 2.92. The van der Waals surface area contributed by atoms with Crippen LogP contribution in [-0.2, 0) is 4.79 Å². The molecule has 0 aromatic heterocycles. The summed E-state index contributed by atoms with van der Waals surface area (Å²) in [5.74, 6) is 0.137. The van der Waals surface area contributed by atoms with E-state index in [4.69, 9.17) is 5.73 Å². The largest absolute Gasteiger partial charge is 0.355 e. The lowest BCUT2D eigenvalue weighted by molar-refractivity contribution is -0.122. The molecule has 1 aliphatic rings. The number of hydrogen-bond acceptors (Lipinski definition) is 3. The summed E-state index contributed by atoms with van der Waals surface area (Å²) >= 11 is 0. The zero-order valence-corrected chi connectivity index (χ0v) is 9.67. The average Bonchev–Trinajstić information content (AvgIpc) is 2.18. The number of rotatable bonds is 5. The molecular formula is C11H23N3O. The molecule has 4 heteroatoms. The average molecular weight is 213 g/mol. The van der Waals surface area contributed by atoms with E-state index in [0.29, 0.717) is 6.54 Å². The molecule has 1 rings (SSSR count). The Morgan fingerprint density at radius 2 is 2.40 bits per heavy atom. The summed E-state index contributed by atoms with van der Waals surface area (Å²) in [6.07, 6.45) is 4.39. The van der Waals surface area contributed by atoms with Gasteiger partial charge in [-0.15, -0.1) is 0 Å². The fraction of sp³-hybridized carbons (Fsp3) is 0.909. The van der Waals surface area contributed by atoms with E-state index >= 15 is 0 Å². The minimum atomic E-state index is 0.137. The van der Waals surface area contributed by atoms with Crippen LogP contribution in [0.1, 0.15) is 32.6 Å². The van der Waals surface area contributed by atoms with Crippen LogP contribution in [0.15, 0.2) is 0 Å². The van der Waals surface area contributed by atoms with E-state index < -0.39 is 0 Å². The Balaban J connectivity index is 2.13. The smallest absolute Gasteiger partial charge is 0.234 e. The van der Waals surface area contributed by atoms with Gasteiger partial charge in [-0.3, -0.25) is 9.69 Å². The molecule has 88 valence electrons. The van der Waals surface area contributed by atoms with Crippen molar-refractivity contribution in [1.29, 1.82) is 0 Å². The highest BCUT2D eigenvalue weighted by Gasteiger charge is 2.18. The number of amides is 1. The number of nitrogens with zero attached hydrogens (tertiary/aromatic N) is 1. The molecule has 15 heavy (non-hydrogen) atoms. The van der Waals surface area contributed by atoms with Crippen LogP contribution in [0.5, 0.6) is 0 Å². The van der Waals surface area contributed by atoms with E-state index in [-0.39, 0.29) is 11.9 Å². The molecule has 0 aromatic carbocycles. The Morgan fingerprint density at radius 3 is 3.07 bits per heavy atom. The zero-order valence-electron chi connectivity index (χ0n) is 9.67. The first-order chi connectivity index (χ1) is 7.22. The molecule has 0 unspecified atom stereocenters. The van der Waals surface area contributed by atoms with Gasteiger partial charge in [0.2, 0.25) is 5.91 Å². The van der Waals surface area contributed by atoms with Crippen molar-refractivity contribution >= 4 is 5.91 Å². The van der Waals surface area contributed by atoms with Crippen LogP contribution in [-0.4, -0.2) is 43.0 Å². The first kappa shape index (κ1) is 12.5. The lowest BCUT2D eigenvalue weighted by atomic mass is 10.1. The van der Waals surface area contributed by atoms with Crippen molar-refractivity contribution in [3.8, 4) is 0 Å². The summed E-state index contributed by atoms with van der Waals surface area (Å²) in [4.78, 5) is 13.6. The van der Waals surface area contributed by atoms with Gasteiger partial charge in [0.15, 0.2) is 0 Å². The van der Waals surface area contributed by atoms with Crippen LogP contribution in [0.25, 0.3) is 0 Å². The van der Waals surface area contributed by atoms with Gasteiger partial charge in [-0.05, 0) is 25.8 Å². The molecule has 1 amide bonds. The highest BCUT2D eigenvalue weighted by Crippen LogP contribution is 2.07. The third-order valence-corrected chi connectivity index (χ3v) is 2.76. The molecule has 0 aliphatic carbocycles. The molecule has 0 saturated carbocycles. The molecular weight excluding hydrogens is 190 g/mol. The monoisotopic (exact) mass is 213 g/mol. The number of carbonyl (C=O) groups is 1. The summed E-state index contributed by atoms with van der Waals surface area (Å²) in [5.41, 5.74) is 5.85. The molecule has 0 aromatic rings. The number of nitrogens with one attached hydrogen (secondary N) is 1. The van der Waals surface area contributed by atoms with Crippen molar-refractivity contribution in [2.75, 3.05) is 26.2 Å². The van der Waals surface area contributed by atoms with Crippen molar-refractivity contribution < 1.29 is 4.79 Å². The first-order valence-corrected chi connectivity index (χ1v) is 5.97. The van der Waals surface area contributed by atoms with Crippen molar-refractivity contribution in [2.24, 2.45) is 5.73 Å². The SMILES string of the molecule is CCCCNC(=O)CN1CCC[C@@H](N)C1.